The van der Waals surface area contributed by atoms with Gasteiger partial charge in [-0.15, -0.1) is 0 Å². The van der Waals surface area contributed by atoms with Crippen LogP contribution in [0.15, 0.2) is 30.3 Å². The summed E-state index contributed by atoms with van der Waals surface area (Å²) in [5.41, 5.74) is 1.79. The van der Waals surface area contributed by atoms with E-state index in [0.29, 0.717) is 17.5 Å². The molecular weight excluding hydrogens is 254 g/mol. The molecule has 0 saturated heterocycles. The lowest BCUT2D eigenvalue weighted by atomic mass is 9.82. The Bertz CT molecular complexity index is 398. The van der Waals surface area contributed by atoms with Crippen LogP contribution >= 0.6 is 0 Å². The van der Waals surface area contributed by atoms with Crippen LogP contribution in [0.25, 0.3) is 0 Å². The molecule has 2 unspecified atom stereocenters. The molecule has 1 N–H and O–H groups in total. The van der Waals surface area contributed by atoms with Gasteiger partial charge in [0, 0.05) is 12.1 Å². The Hall–Kier alpha value is -0.820. The smallest absolute Gasteiger partial charge is 0.0327 e. The van der Waals surface area contributed by atoms with Crippen LogP contribution in [0.3, 0.4) is 0 Å². The van der Waals surface area contributed by atoms with E-state index in [1.807, 2.05) is 0 Å². The third-order valence-electron chi connectivity index (χ3n) is 4.84. The van der Waals surface area contributed by atoms with Crippen LogP contribution in [0.5, 0.6) is 0 Å². The lowest BCUT2D eigenvalue weighted by molar-refractivity contribution is 0.234. The Morgan fingerprint density at radius 3 is 2.24 bits per heavy atom. The molecule has 1 fully saturated rings. The van der Waals surface area contributed by atoms with Crippen LogP contribution in [0, 0.1) is 11.3 Å². The average Bonchev–Trinajstić information content (AvgIpc) is 2.47. The van der Waals surface area contributed by atoms with E-state index in [0.717, 1.165) is 5.92 Å². The zero-order valence-electron chi connectivity index (χ0n) is 14.4. The van der Waals surface area contributed by atoms with Gasteiger partial charge in [0.1, 0.15) is 0 Å². The van der Waals surface area contributed by atoms with Gasteiger partial charge in [0.05, 0.1) is 0 Å². The minimum absolute atomic E-state index is 0.347. The van der Waals surface area contributed by atoms with E-state index >= 15 is 0 Å². The number of rotatable bonds is 5. The van der Waals surface area contributed by atoms with Crippen molar-refractivity contribution in [3.63, 3.8) is 0 Å². The molecule has 1 aromatic carbocycles. The van der Waals surface area contributed by atoms with Gasteiger partial charge in [-0.3, -0.25) is 0 Å². The first-order valence-corrected chi connectivity index (χ1v) is 8.77. The molecule has 1 nitrogen and oxygen atoms in total. The summed E-state index contributed by atoms with van der Waals surface area (Å²) in [6, 6.07) is 12.1. The Morgan fingerprint density at radius 2 is 1.67 bits per heavy atom. The Morgan fingerprint density at radius 1 is 1.05 bits per heavy atom. The molecule has 1 aliphatic rings. The first-order chi connectivity index (χ1) is 9.96. The summed E-state index contributed by atoms with van der Waals surface area (Å²) in [4.78, 5) is 0. The Balaban J connectivity index is 2.04. The second-order valence-electron chi connectivity index (χ2n) is 8.08. The van der Waals surface area contributed by atoms with Crippen molar-refractivity contribution in [3.05, 3.63) is 35.9 Å². The zero-order valence-corrected chi connectivity index (χ0v) is 14.4. The fourth-order valence-electron chi connectivity index (χ4n) is 3.66. The van der Waals surface area contributed by atoms with Gasteiger partial charge in [-0.25, -0.2) is 0 Å². The van der Waals surface area contributed by atoms with E-state index in [2.05, 4.69) is 63.3 Å². The third-order valence-corrected chi connectivity index (χ3v) is 4.84. The molecule has 0 aliphatic heterocycles. The van der Waals surface area contributed by atoms with Crippen LogP contribution in [0.4, 0.5) is 0 Å². The normalized spacial score (nSPS) is 20.2. The first kappa shape index (κ1) is 16.5. The van der Waals surface area contributed by atoms with Gasteiger partial charge in [0.15, 0.2) is 0 Å². The number of hydrogen-bond acceptors (Lipinski definition) is 1. The van der Waals surface area contributed by atoms with Crippen molar-refractivity contribution in [2.45, 2.75) is 78.3 Å². The monoisotopic (exact) mass is 287 g/mol. The van der Waals surface area contributed by atoms with Crippen LogP contribution in [-0.4, -0.2) is 6.04 Å². The average molecular weight is 287 g/mol. The van der Waals surface area contributed by atoms with Crippen molar-refractivity contribution < 1.29 is 0 Å². The van der Waals surface area contributed by atoms with Crippen molar-refractivity contribution >= 4 is 0 Å². The quantitative estimate of drug-likeness (QED) is 0.730. The van der Waals surface area contributed by atoms with Crippen molar-refractivity contribution in [2.75, 3.05) is 0 Å². The van der Waals surface area contributed by atoms with Gasteiger partial charge in [0.2, 0.25) is 0 Å². The maximum Gasteiger partial charge on any atom is 0.0327 e. The molecule has 0 radical (unpaired) electrons. The first-order valence-electron chi connectivity index (χ1n) is 8.77. The maximum absolute atomic E-state index is 3.96. The third kappa shape index (κ3) is 5.47. The number of benzene rings is 1. The Kier molecular flexibility index (Phi) is 5.87. The molecule has 0 amide bonds. The summed E-state index contributed by atoms with van der Waals surface area (Å²) < 4.78 is 0. The summed E-state index contributed by atoms with van der Waals surface area (Å²) in [7, 11) is 0. The van der Waals surface area contributed by atoms with Gasteiger partial charge in [-0.05, 0) is 43.1 Å². The standard InChI is InChI=1S/C20H33N/c1-16(17-11-7-5-8-12-17)21-19(15-20(2,3)4)18-13-9-6-10-14-18/h6,9-10,13-14,16-17,19,21H,5,7-8,11-12,15H2,1-4H3. The molecule has 2 rings (SSSR count). The molecule has 21 heavy (non-hydrogen) atoms. The van der Waals surface area contributed by atoms with Crippen LogP contribution in [-0.2, 0) is 0 Å². The molecule has 0 spiro atoms. The largest absolute Gasteiger partial charge is 0.307 e. The molecule has 0 heterocycles. The molecular formula is C20H33N. The van der Waals surface area contributed by atoms with Gasteiger partial charge >= 0.3 is 0 Å². The number of hydrogen-bond donors (Lipinski definition) is 1. The fourth-order valence-corrected chi connectivity index (χ4v) is 3.66. The molecule has 118 valence electrons. The lowest BCUT2D eigenvalue weighted by Crippen LogP contribution is -2.38. The van der Waals surface area contributed by atoms with E-state index in [4.69, 9.17) is 0 Å². The molecule has 1 aromatic rings. The molecule has 1 aliphatic carbocycles. The summed E-state index contributed by atoms with van der Waals surface area (Å²) in [6.07, 6.45) is 8.29. The van der Waals surface area contributed by atoms with Gasteiger partial charge in [-0.1, -0.05) is 70.4 Å². The second-order valence-corrected chi connectivity index (χ2v) is 8.08. The highest BCUT2D eigenvalue weighted by Gasteiger charge is 2.25. The maximum atomic E-state index is 3.96. The van der Waals surface area contributed by atoms with E-state index in [1.54, 1.807) is 0 Å². The molecule has 0 aromatic heterocycles. The molecule has 0 bridgehead atoms. The summed E-state index contributed by atoms with van der Waals surface area (Å²) in [5, 5.41) is 3.96. The van der Waals surface area contributed by atoms with Crippen LogP contribution in [0.1, 0.15) is 77.8 Å². The predicted octanol–water partition coefficient (Wildman–Crippen LogP) is 5.72. The summed E-state index contributed by atoms with van der Waals surface area (Å²) in [6.45, 7) is 9.43. The van der Waals surface area contributed by atoms with Crippen molar-refractivity contribution in [1.82, 2.24) is 5.32 Å². The highest BCUT2D eigenvalue weighted by molar-refractivity contribution is 5.19. The van der Waals surface area contributed by atoms with Crippen LogP contribution < -0.4 is 5.32 Å². The van der Waals surface area contributed by atoms with Gasteiger partial charge in [0.25, 0.3) is 0 Å². The highest BCUT2D eigenvalue weighted by Crippen LogP contribution is 2.32. The summed E-state index contributed by atoms with van der Waals surface area (Å²) >= 11 is 0. The molecule has 2 atom stereocenters. The van der Waals surface area contributed by atoms with E-state index < -0.39 is 0 Å². The molecule has 1 saturated carbocycles. The second kappa shape index (κ2) is 7.45. The lowest BCUT2D eigenvalue weighted by Gasteiger charge is -2.34. The van der Waals surface area contributed by atoms with Gasteiger partial charge in [-0.2, -0.15) is 0 Å². The highest BCUT2D eigenvalue weighted by atomic mass is 15.0. The minimum atomic E-state index is 0.347. The number of nitrogens with one attached hydrogen (secondary N) is 1. The fraction of sp³-hybridized carbons (Fsp3) is 0.700. The van der Waals surface area contributed by atoms with Crippen molar-refractivity contribution in [3.8, 4) is 0 Å². The van der Waals surface area contributed by atoms with E-state index in [1.165, 1.54) is 44.1 Å². The van der Waals surface area contributed by atoms with Crippen molar-refractivity contribution in [2.24, 2.45) is 11.3 Å². The SMILES string of the molecule is CC(NC(CC(C)(C)C)c1ccccc1)C1CCCCC1. The van der Waals surface area contributed by atoms with E-state index in [-0.39, 0.29) is 0 Å². The predicted molar refractivity (Wildman–Crippen MR) is 92.4 cm³/mol. The topological polar surface area (TPSA) is 12.0 Å². The van der Waals surface area contributed by atoms with Crippen LogP contribution in [0.2, 0.25) is 0 Å². The molecule has 1 heteroatoms. The zero-order chi connectivity index (χ0) is 15.3. The summed E-state index contributed by atoms with van der Waals surface area (Å²) in [5.74, 6) is 0.866. The van der Waals surface area contributed by atoms with Gasteiger partial charge < -0.3 is 5.32 Å². The van der Waals surface area contributed by atoms with E-state index in [9.17, 15) is 0 Å². The minimum Gasteiger partial charge on any atom is -0.307 e. The Labute approximate surface area is 131 Å². The van der Waals surface area contributed by atoms with Crippen molar-refractivity contribution in [1.29, 1.82) is 0 Å².